The Labute approximate surface area is 113 Å². The molecule has 0 amide bonds. The van der Waals surface area contributed by atoms with Crippen LogP contribution in [0.5, 0.6) is 0 Å². The van der Waals surface area contributed by atoms with Crippen LogP contribution in [0, 0.1) is 0 Å². The van der Waals surface area contributed by atoms with Gasteiger partial charge in [0.2, 0.25) is 0 Å². The van der Waals surface area contributed by atoms with Gasteiger partial charge in [0.1, 0.15) is 0 Å². The number of nitrogens with zero attached hydrogens (tertiary/aromatic N) is 2. The fourth-order valence-electron chi connectivity index (χ4n) is 2.39. The zero-order valence-electron chi connectivity index (χ0n) is 12.2. The van der Waals surface area contributed by atoms with E-state index in [-0.39, 0.29) is 5.48 Å². The molecule has 3 nitrogen and oxygen atoms in total. The molecule has 3 heteroatoms. The average Bonchev–Trinajstić information content (AvgIpc) is 2.85. The van der Waals surface area contributed by atoms with Gasteiger partial charge < -0.3 is 10.4 Å². The van der Waals surface area contributed by atoms with Crippen LogP contribution in [0.25, 0.3) is 0 Å². The van der Waals surface area contributed by atoms with E-state index in [9.17, 15) is 0 Å². The molecule has 1 aliphatic heterocycles. The molecule has 1 heterocycles. The molecule has 0 fully saturated rings. The maximum Gasteiger partial charge on any atom is 0.0851 e. The first-order valence-electron chi connectivity index (χ1n) is 7.67. The van der Waals surface area contributed by atoms with Crippen molar-refractivity contribution in [1.29, 1.82) is 0 Å². The van der Waals surface area contributed by atoms with Crippen LogP contribution in [0.4, 0.5) is 0 Å². The minimum atomic E-state index is 0. The summed E-state index contributed by atoms with van der Waals surface area (Å²) in [7, 11) is 0. The molecule has 108 valence electrons. The SMILES string of the molecule is CCCCCCCCCCCCN1C=NCC1.O. The first-order valence-corrected chi connectivity index (χ1v) is 7.67. The van der Waals surface area contributed by atoms with Crippen LogP contribution in [0.15, 0.2) is 4.99 Å². The number of unbranched alkanes of at least 4 members (excludes halogenated alkanes) is 9. The molecule has 0 saturated heterocycles. The van der Waals surface area contributed by atoms with Crippen molar-refractivity contribution in [3.8, 4) is 0 Å². The molecule has 0 aromatic carbocycles. The zero-order chi connectivity index (χ0) is 12.2. The lowest BCUT2D eigenvalue weighted by Gasteiger charge is -2.12. The Bertz CT molecular complexity index is 195. The smallest absolute Gasteiger partial charge is 0.0851 e. The third kappa shape index (κ3) is 9.46. The minimum Gasteiger partial charge on any atom is -0.412 e. The second-order valence-corrected chi connectivity index (χ2v) is 5.24. The van der Waals surface area contributed by atoms with Crippen LogP contribution < -0.4 is 0 Å². The molecule has 0 aromatic rings. The van der Waals surface area contributed by atoms with Crippen LogP contribution in [0.1, 0.15) is 71.1 Å². The van der Waals surface area contributed by atoms with E-state index in [1.165, 1.54) is 70.8 Å². The number of aliphatic imine (C=N–C) groups is 1. The molecule has 0 atom stereocenters. The van der Waals surface area contributed by atoms with Crippen molar-refractivity contribution in [3.05, 3.63) is 0 Å². The molecule has 1 aliphatic rings. The van der Waals surface area contributed by atoms with E-state index in [0.717, 1.165) is 13.1 Å². The Balaban J connectivity index is 0.00000289. The summed E-state index contributed by atoms with van der Waals surface area (Å²) in [5.74, 6) is 0. The molecule has 0 radical (unpaired) electrons. The monoisotopic (exact) mass is 256 g/mol. The molecule has 0 aliphatic carbocycles. The van der Waals surface area contributed by atoms with Crippen molar-refractivity contribution >= 4 is 6.34 Å². The lowest BCUT2D eigenvalue weighted by atomic mass is 10.1. The summed E-state index contributed by atoms with van der Waals surface area (Å²) in [6.45, 7) is 5.67. The van der Waals surface area contributed by atoms with Gasteiger partial charge in [-0.15, -0.1) is 0 Å². The third-order valence-corrected chi connectivity index (χ3v) is 3.56. The largest absolute Gasteiger partial charge is 0.412 e. The highest BCUT2D eigenvalue weighted by Crippen LogP contribution is 2.10. The van der Waals surface area contributed by atoms with Gasteiger partial charge in [0.25, 0.3) is 0 Å². The Kier molecular flexibility index (Phi) is 12.5. The van der Waals surface area contributed by atoms with Crippen molar-refractivity contribution in [2.75, 3.05) is 19.6 Å². The van der Waals surface area contributed by atoms with Crippen molar-refractivity contribution in [2.45, 2.75) is 71.1 Å². The first-order chi connectivity index (χ1) is 8.43. The highest BCUT2D eigenvalue weighted by atomic mass is 16.0. The summed E-state index contributed by atoms with van der Waals surface area (Å²) in [5.41, 5.74) is 0. The van der Waals surface area contributed by atoms with E-state index >= 15 is 0 Å². The van der Waals surface area contributed by atoms with Gasteiger partial charge in [-0.05, 0) is 6.42 Å². The molecule has 0 saturated carbocycles. The van der Waals surface area contributed by atoms with Crippen LogP contribution in [0.3, 0.4) is 0 Å². The molecular weight excluding hydrogens is 224 g/mol. The molecule has 1 rings (SSSR count). The predicted molar refractivity (Wildman–Crippen MR) is 80.4 cm³/mol. The number of rotatable bonds is 11. The Morgan fingerprint density at radius 3 is 1.94 bits per heavy atom. The summed E-state index contributed by atoms with van der Waals surface area (Å²) in [5, 5.41) is 0. The van der Waals surface area contributed by atoms with E-state index in [4.69, 9.17) is 0 Å². The Hall–Kier alpha value is -0.570. The van der Waals surface area contributed by atoms with Gasteiger partial charge in [-0.1, -0.05) is 64.7 Å². The Morgan fingerprint density at radius 2 is 1.44 bits per heavy atom. The molecule has 18 heavy (non-hydrogen) atoms. The van der Waals surface area contributed by atoms with Crippen molar-refractivity contribution < 1.29 is 5.48 Å². The van der Waals surface area contributed by atoms with Crippen molar-refractivity contribution in [2.24, 2.45) is 4.99 Å². The van der Waals surface area contributed by atoms with Gasteiger partial charge in [-0.2, -0.15) is 0 Å². The lowest BCUT2D eigenvalue weighted by Crippen LogP contribution is -2.20. The number of hydrogen-bond donors (Lipinski definition) is 0. The van der Waals surface area contributed by atoms with Gasteiger partial charge in [0.15, 0.2) is 0 Å². The number of hydrogen-bond acceptors (Lipinski definition) is 2. The van der Waals surface area contributed by atoms with E-state index in [0.29, 0.717) is 0 Å². The molecule has 0 unspecified atom stereocenters. The van der Waals surface area contributed by atoms with E-state index in [2.05, 4.69) is 16.8 Å². The minimum absolute atomic E-state index is 0. The van der Waals surface area contributed by atoms with Crippen LogP contribution in [0.2, 0.25) is 0 Å². The molecular formula is C15H32N2O. The van der Waals surface area contributed by atoms with Gasteiger partial charge >= 0.3 is 0 Å². The van der Waals surface area contributed by atoms with Crippen molar-refractivity contribution in [1.82, 2.24) is 4.90 Å². The quantitative estimate of drug-likeness (QED) is 0.522. The normalized spacial score (nSPS) is 13.9. The first kappa shape index (κ1) is 17.4. The summed E-state index contributed by atoms with van der Waals surface area (Å²) < 4.78 is 0. The van der Waals surface area contributed by atoms with Gasteiger partial charge in [-0.3, -0.25) is 4.99 Å². The summed E-state index contributed by atoms with van der Waals surface area (Å²) in [6.07, 6.45) is 16.3. The molecule has 0 spiro atoms. The standard InChI is InChI=1S/C15H30N2.H2O/c1-2-3-4-5-6-7-8-9-10-11-13-17-14-12-16-15-17;/h15H,2-14H2,1H3;1H2. The van der Waals surface area contributed by atoms with Gasteiger partial charge in [0, 0.05) is 13.1 Å². The van der Waals surface area contributed by atoms with Gasteiger partial charge in [-0.25, -0.2) is 0 Å². The Morgan fingerprint density at radius 1 is 0.889 bits per heavy atom. The molecule has 0 bridgehead atoms. The van der Waals surface area contributed by atoms with Crippen LogP contribution in [-0.4, -0.2) is 36.3 Å². The maximum atomic E-state index is 4.23. The third-order valence-electron chi connectivity index (χ3n) is 3.56. The van der Waals surface area contributed by atoms with Crippen LogP contribution >= 0.6 is 0 Å². The highest BCUT2D eigenvalue weighted by molar-refractivity contribution is 5.56. The van der Waals surface area contributed by atoms with E-state index < -0.39 is 0 Å². The van der Waals surface area contributed by atoms with E-state index in [1.54, 1.807) is 0 Å². The van der Waals surface area contributed by atoms with Crippen molar-refractivity contribution in [3.63, 3.8) is 0 Å². The predicted octanol–water partition coefficient (Wildman–Crippen LogP) is 3.43. The summed E-state index contributed by atoms with van der Waals surface area (Å²) >= 11 is 0. The fraction of sp³-hybridized carbons (Fsp3) is 0.933. The highest BCUT2D eigenvalue weighted by Gasteiger charge is 2.03. The maximum absolute atomic E-state index is 4.23. The van der Waals surface area contributed by atoms with Gasteiger partial charge in [0.05, 0.1) is 12.9 Å². The fourth-order valence-corrected chi connectivity index (χ4v) is 2.39. The second kappa shape index (κ2) is 12.9. The topological polar surface area (TPSA) is 47.1 Å². The molecule has 2 N–H and O–H groups in total. The zero-order valence-corrected chi connectivity index (χ0v) is 12.2. The summed E-state index contributed by atoms with van der Waals surface area (Å²) in [4.78, 5) is 6.58. The average molecular weight is 256 g/mol. The summed E-state index contributed by atoms with van der Waals surface area (Å²) in [6, 6.07) is 0. The molecule has 0 aromatic heterocycles. The lowest BCUT2D eigenvalue weighted by molar-refractivity contribution is 0.438. The van der Waals surface area contributed by atoms with E-state index in [1.807, 2.05) is 6.34 Å². The second-order valence-electron chi connectivity index (χ2n) is 5.24. The van der Waals surface area contributed by atoms with Crippen LogP contribution in [-0.2, 0) is 0 Å².